The van der Waals surface area contributed by atoms with Gasteiger partial charge in [0.25, 0.3) is 0 Å². The van der Waals surface area contributed by atoms with Gasteiger partial charge in [0, 0.05) is 30.2 Å². The van der Waals surface area contributed by atoms with Crippen molar-refractivity contribution in [2.75, 3.05) is 13.7 Å². The number of hydrogen-bond acceptors (Lipinski definition) is 5. The van der Waals surface area contributed by atoms with Crippen LogP contribution >= 0.6 is 0 Å². The normalized spacial score (nSPS) is 18.2. The van der Waals surface area contributed by atoms with Crippen LogP contribution in [0.3, 0.4) is 0 Å². The number of pyridine rings is 1. The summed E-state index contributed by atoms with van der Waals surface area (Å²) in [4.78, 5) is 17.4. The number of Topliss-reactive ketones (excluding diaryl/α,β-unsaturated/α-hetero) is 1. The van der Waals surface area contributed by atoms with E-state index in [0.717, 1.165) is 37.1 Å². The van der Waals surface area contributed by atoms with Gasteiger partial charge in [0.05, 0.1) is 25.1 Å². The maximum Gasteiger partial charge on any atom is 0.387 e. The summed E-state index contributed by atoms with van der Waals surface area (Å²) in [5.41, 5.74) is 3.00. The van der Waals surface area contributed by atoms with E-state index < -0.39 is 6.61 Å². The Labute approximate surface area is 196 Å². The van der Waals surface area contributed by atoms with E-state index in [1.54, 1.807) is 12.3 Å². The van der Waals surface area contributed by atoms with Crippen LogP contribution in [0.25, 0.3) is 16.9 Å². The number of rotatable bonds is 9. The molecule has 0 spiro atoms. The van der Waals surface area contributed by atoms with Crippen LogP contribution in [-0.4, -0.2) is 41.6 Å². The smallest absolute Gasteiger partial charge is 0.387 e. The molecule has 8 heteroatoms. The first-order chi connectivity index (χ1) is 16.3. The molecule has 0 N–H and O–H groups in total. The summed E-state index contributed by atoms with van der Waals surface area (Å²) in [5.74, 6) is 0.0992. The van der Waals surface area contributed by atoms with Crippen molar-refractivity contribution in [3.63, 3.8) is 0 Å². The fourth-order valence-corrected chi connectivity index (χ4v) is 4.63. The molecule has 1 aliphatic heterocycles. The average Bonchev–Trinajstić information content (AvgIpc) is 3.45. The molecule has 5 rings (SSSR count). The fraction of sp³-hybridized carbons (Fsp3) is 0.462. The third kappa shape index (κ3) is 4.15. The number of carbonyl (C=O) groups excluding carboxylic acids is 1. The van der Waals surface area contributed by atoms with Crippen LogP contribution < -0.4 is 9.47 Å². The minimum Gasteiger partial charge on any atom is -0.496 e. The molecule has 3 aromatic rings. The second-order valence-corrected chi connectivity index (χ2v) is 9.66. The molecule has 3 heterocycles. The standard InChI is InChI=1S/C26H28F2N2O4/c1-26(2,22-7-9-33-22)17-6-8-30-18(14-29-23(30)13-17)16-11-20(32-3)24(19(31)10-15-4-5-15)21(12-16)34-25(27)28/h6,8,11-15,22,25H,4-5,7,9-10H2,1-3H3. The number of ether oxygens (including phenoxy) is 3. The molecule has 1 aliphatic carbocycles. The molecule has 180 valence electrons. The number of imidazole rings is 1. The van der Waals surface area contributed by atoms with Crippen LogP contribution in [0, 0.1) is 5.92 Å². The molecule has 34 heavy (non-hydrogen) atoms. The molecule has 6 nitrogen and oxygen atoms in total. The number of benzene rings is 1. The summed E-state index contributed by atoms with van der Waals surface area (Å²) >= 11 is 0. The number of fused-ring (bicyclic) bond motifs is 1. The third-order valence-corrected chi connectivity index (χ3v) is 7.01. The highest BCUT2D eigenvalue weighted by molar-refractivity contribution is 6.02. The molecule has 1 aromatic carbocycles. The van der Waals surface area contributed by atoms with E-state index in [9.17, 15) is 13.6 Å². The van der Waals surface area contributed by atoms with Crippen LogP contribution in [0.2, 0.25) is 0 Å². The Morgan fingerprint density at radius 1 is 1.24 bits per heavy atom. The first-order valence-corrected chi connectivity index (χ1v) is 11.6. The van der Waals surface area contributed by atoms with E-state index in [1.165, 1.54) is 13.2 Å². The van der Waals surface area contributed by atoms with E-state index in [4.69, 9.17) is 14.2 Å². The van der Waals surface area contributed by atoms with Crippen LogP contribution in [-0.2, 0) is 10.2 Å². The molecular weight excluding hydrogens is 442 g/mol. The molecule has 1 unspecified atom stereocenters. The Morgan fingerprint density at radius 2 is 1.97 bits per heavy atom. The highest BCUT2D eigenvalue weighted by Crippen LogP contribution is 2.41. The van der Waals surface area contributed by atoms with Crippen molar-refractivity contribution in [2.24, 2.45) is 5.92 Å². The summed E-state index contributed by atoms with van der Waals surface area (Å²) in [7, 11) is 1.42. The summed E-state index contributed by atoms with van der Waals surface area (Å²) in [6, 6.07) is 7.20. The molecule has 0 bridgehead atoms. The SMILES string of the molecule is COc1cc(-c2cnc3cc(C(C)(C)C4CCO4)ccn23)cc(OC(F)F)c1C(=O)CC1CC1. The zero-order valence-electron chi connectivity index (χ0n) is 19.5. The zero-order chi connectivity index (χ0) is 24.0. The Balaban J connectivity index is 1.56. The topological polar surface area (TPSA) is 62.1 Å². The van der Waals surface area contributed by atoms with Crippen LogP contribution in [0.1, 0.15) is 55.5 Å². The first-order valence-electron chi connectivity index (χ1n) is 11.6. The van der Waals surface area contributed by atoms with E-state index in [1.807, 2.05) is 22.7 Å². The number of hydrogen-bond donors (Lipinski definition) is 0. The molecular formula is C26H28F2N2O4. The van der Waals surface area contributed by atoms with Crippen LogP contribution in [0.4, 0.5) is 8.78 Å². The molecule has 1 atom stereocenters. The summed E-state index contributed by atoms with van der Waals surface area (Å²) in [6.07, 6.45) is 7.04. The molecule has 0 amide bonds. The summed E-state index contributed by atoms with van der Waals surface area (Å²) < 4.78 is 44.4. The lowest BCUT2D eigenvalue weighted by Crippen LogP contribution is -2.43. The Morgan fingerprint density at radius 3 is 2.59 bits per heavy atom. The Bertz CT molecular complexity index is 1230. The fourth-order valence-electron chi connectivity index (χ4n) is 4.63. The largest absolute Gasteiger partial charge is 0.496 e. The predicted molar refractivity (Wildman–Crippen MR) is 123 cm³/mol. The number of methoxy groups -OCH3 is 1. The number of ketones is 1. The van der Waals surface area contributed by atoms with Gasteiger partial charge in [-0.1, -0.05) is 13.8 Å². The third-order valence-electron chi connectivity index (χ3n) is 7.01. The maximum atomic E-state index is 13.3. The van der Waals surface area contributed by atoms with Gasteiger partial charge in [-0.3, -0.25) is 9.20 Å². The predicted octanol–water partition coefficient (Wildman–Crippen LogP) is 5.66. The first kappa shape index (κ1) is 22.8. The van der Waals surface area contributed by atoms with E-state index in [0.29, 0.717) is 23.6 Å². The van der Waals surface area contributed by atoms with Gasteiger partial charge in [0.15, 0.2) is 5.78 Å². The molecule has 0 radical (unpaired) electrons. The van der Waals surface area contributed by atoms with Crippen molar-refractivity contribution >= 4 is 11.4 Å². The Hall–Kier alpha value is -3.00. The summed E-state index contributed by atoms with van der Waals surface area (Å²) in [5, 5.41) is 0. The van der Waals surface area contributed by atoms with Crippen molar-refractivity contribution in [3.8, 4) is 22.8 Å². The zero-order valence-corrected chi connectivity index (χ0v) is 19.5. The van der Waals surface area contributed by atoms with Gasteiger partial charge in [0.1, 0.15) is 22.7 Å². The monoisotopic (exact) mass is 470 g/mol. The van der Waals surface area contributed by atoms with Gasteiger partial charge >= 0.3 is 6.61 Å². The second-order valence-electron chi connectivity index (χ2n) is 9.66. The van der Waals surface area contributed by atoms with Crippen molar-refractivity contribution in [1.29, 1.82) is 0 Å². The number of carbonyl (C=O) groups is 1. The van der Waals surface area contributed by atoms with Gasteiger partial charge in [-0.05, 0) is 55.0 Å². The average molecular weight is 471 g/mol. The lowest BCUT2D eigenvalue weighted by Gasteiger charge is -2.40. The number of aromatic nitrogens is 2. The van der Waals surface area contributed by atoms with Gasteiger partial charge in [-0.25, -0.2) is 4.98 Å². The van der Waals surface area contributed by atoms with Crippen molar-refractivity contribution in [2.45, 2.75) is 57.7 Å². The molecule has 1 saturated carbocycles. The molecule has 2 fully saturated rings. The van der Waals surface area contributed by atoms with Crippen LogP contribution in [0.5, 0.6) is 11.5 Å². The minimum absolute atomic E-state index is 0.0665. The molecule has 2 aromatic heterocycles. The lowest BCUT2D eigenvalue weighted by molar-refractivity contribution is -0.0890. The van der Waals surface area contributed by atoms with Crippen molar-refractivity contribution < 1.29 is 27.8 Å². The molecule has 2 aliphatic rings. The molecule has 1 saturated heterocycles. The van der Waals surface area contributed by atoms with E-state index >= 15 is 0 Å². The van der Waals surface area contributed by atoms with Crippen LogP contribution in [0.15, 0.2) is 36.7 Å². The second kappa shape index (κ2) is 8.65. The van der Waals surface area contributed by atoms with Crippen molar-refractivity contribution in [1.82, 2.24) is 9.38 Å². The van der Waals surface area contributed by atoms with Gasteiger partial charge in [-0.15, -0.1) is 0 Å². The summed E-state index contributed by atoms with van der Waals surface area (Å²) in [6.45, 7) is 2.03. The quantitative estimate of drug-likeness (QED) is 0.378. The van der Waals surface area contributed by atoms with Gasteiger partial charge in [-0.2, -0.15) is 8.78 Å². The lowest BCUT2D eigenvalue weighted by atomic mass is 9.77. The van der Waals surface area contributed by atoms with Crippen molar-refractivity contribution in [3.05, 3.63) is 47.8 Å². The Kier molecular flexibility index (Phi) is 5.80. The highest BCUT2D eigenvalue weighted by atomic mass is 19.3. The number of nitrogens with zero attached hydrogens (tertiary/aromatic N) is 2. The van der Waals surface area contributed by atoms with Gasteiger partial charge < -0.3 is 14.2 Å². The minimum atomic E-state index is -3.06. The highest BCUT2D eigenvalue weighted by Gasteiger charge is 2.37. The van der Waals surface area contributed by atoms with E-state index in [-0.39, 0.29) is 34.4 Å². The van der Waals surface area contributed by atoms with Gasteiger partial charge in [0.2, 0.25) is 0 Å². The van der Waals surface area contributed by atoms with E-state index in [2.05, 4.69) is 18.8 Å². The maximum absolute atomic E-state index is 13.3. The number of halogens is 2. The number of alkyl halides is 2.